The zero-order valence-corrected chi connectivity index (χ0v) is 16.5. The number of pyridine rings is 1. The topological polar surface area (TPSA) is 129 Å². The van der Waals surface area contributed by atoms with Crippen molar-refractivity contribution in [3.63, 3.8) is 0 Å². The highest BCUT2D eigenvalue weighted by Crippen LogP contribution is 2.22. The van der Waals surface area contributed by atoms with E-state index in [2.05, 4.69) is 30.2 Å². The van der Waals surface area contributed by atoms with Gasteiger partial charge in [0.25, 0.3) is 0 Å². The summed E-state index contributed by atoms with van der Waals surface area (Å²) in [6.07, 6.45) is 6.94. The first-order valence-corrected chi connectivity index (χ1v) is 9.30. The lowest BCUT2D eigenvalue weighted by molar-refractivity contribution is -0.117. The quantitative estimate of drug-likeness (QED) is 0.627. The van der Waals surface area contributed by atoms with Crippen LogP contribution in [0, 0.1) is 0 Å². The van der Waals surface area contributed by atoms with Crippen molar-refractivity contribution in [3.05, 3.63) is 48.7 Å². The van der Waals surface area contributed by atoms with Gasteiger partial charge in [-0.3, -0.25) is 9.78 Å². The van der Waals surface area contributed by atoms with Gasteiger partial charge in [0.15, 0.2) is 0 Å². The Morgan fingerprint density at radius 2 is 1.97 bits per heavy atom. The molecule has 1 amide bonds. The lowest BCUT2D eigenvalue weighted by atomic mass is 10.0. The normalized spacial score (nSPS) is 11.9. The van der Waals surface area contributed by atoms with Crippen LogP contribution in [0.15, 0.2) is 43.0 Å². The van der Waals surface area contributed by atoms with Gasteiger partial charge in [0.1, 0.15) is 5.82 Å². The molecular weight excluding hydrogens is 370 g/mol. The van der Waals surface area contributed by atoms with Crippen LogP contribution in [0.4, 0.5) is 11.8 Å². The number of nitrogens with one attached hydrogen (secondary N) is 1. The molecule has 1 atom stereocenters. The summed E-state index contributed by atoms with van der Waals surface area (Å²) in [6, 6.07) is 5.22. The summed E-state index contributed by atoms with van der Waals surface area (Å²) >= 11 is 0. The predicted molar refractivity (Wildman–Crippen MR) is 109 cm³/mol. The van der Waals surface area contributed by atoms with Gasteiger partial charge >= 0.3 is 0 Å². The third-order valence-corrected chi connectivity index (χ3v) is 4.06. The molecule has 0 bridgehead atoms. The average Bonchev–Trinajstić information content (AvgIpc) is 2.69. The highest BCUT2D eigenvalue weighted by molar-refractivity contribution is 5.94. The van der Waals surface area contributed by atoms with Crippen LogP contribution in [0.2, 0.25) is 0 Å². The Bertz CT molecular complexity index is 977. The van der Waals surface area contributed by atoms with Gasteiger partial charge in [-0.05, 0) is 38.5 Å². The molecule has 3 N–H and O–H groups in total. The molecule has 0 radical (unpaired) electrons. The minimum atomic E-state index is -0.447. The van der Waals surface area contributed by atoms with Gasteiger partial charge in [0.2, 0.25) is 17.7 Å². The summed E-state index contributed by atoms with van der Waals surface area (Å²) in [5.41, 5.74) is 7.60. The maximum absolute atomic E-state index is 12.7. The Hall–Kier alpha value is -3.62. The van der Waals surface area contributed by atoms with Gasteiger partial charge in [-0.25, -0.2) is 19.9 Å². The highest BCUT2D eigenvalue weighted by atomic mass is 16.5. The van der Waals surface area contributed by atoms with Gasteiger partial charge in [-0.2, -0.15) is 0 Å². The van der Waals surface area contributed by atoms with Gasteiger partial charge in [-0.1, -0.05) is 6.92 Å². The number of nitrogen functional groups attached to an aromatic ring is 1. The minimum absolute atomic E-state index is 0.00649. The molecular formula is C20H23N7O2. The summed E-state index contributed by atoms with van der Waals surface area (Å²) in [4.78, 5) is 33.6. The average molecular weight is 393 g/mol. The zero-order valence-electron chi connectivity index (χ0n) is 16.5. The van der Waals surface area contributed by atoms with Crippen molar-refractivity contribution in [2.75, 3.05) is 11.1 Å². The van der Waals surface area contributed by atoms with Crippen molar-refractivity contribution >= 4 is 17.7 Å². The summed E-state index contributed by atoms with van der Waals surface area (Å²) in [5, 5.41) is 2.82. The molecule has 0 fully saturated rings. The van der Waals surface area contributed by atoms with Crippen LogP contribution in [0.1, 0.15) is 38.8 Å². The second kappa shape index (κ2) is 9.05. The number of nitrogens with zero attached hydrogens (tertiary/aromatic N) is 5. The maximum Gasteiger partial charge on any atom is 0.234 e. The Kier molecular flexibility index (Phi) is 6.28. The molecule has 3 aromatic rings. The molecule has 0 aliphatic heterocycles. The van der Waals surface area contributed by atoms with Gasteiger partial charge in [-0.15, -0.1) is 0 Å². The van der Waals surface area contributed by atoms with E-state index in [1.165, 1.54) is 0 Å². The molecule has 3 heterocycles. The number of aromatic nitrogens is 5. The van der Waals surface area contributed by atoms with Crippen LogP contribution in [0.3, 0.4) is 0 Å². The van der Waals surface area contributed by atoms with E-state index in [4.69, 9.17) is 10.5 Å². The number of hydrogen-bond acceptors (Lipinski definition) is 8. The van der Waals surface area contributed by atoms with Crippen molar-refractivity contribution in [2.24, 2.45) is 0 Å². The Morgan fingerprint density at radius 3 is 2.62 bits per heavy atom. The molecule has 1 unspecified atom stereocenters. The van der Waals surface area contributed by atoms with Crippen LogP contribution < -0.4 is 15.8 Å². The molecule has 0 aliphatic carbocycles. The van der Waals surface area contributed by atoms with Crippen LogP contribution in [-0.2, 0) is 4.79 Å². The van der Waals surface area contributed by atoms with Crippen molar-refractivity contribution in [1.29, 1.82) is 0 Å². The number of anilines is 2. The largest absolute Gasteiger partial charge is 0.474 e. The molecule has 150 valence electrons. The number of nitrogens with two attached hydrogens (primary N) is 1. The van der Waals surface area contributed by atoms with Gasteiger partial charge in [0.05, 0.1) is 35.8 Å². The van der Waals surface area contributed by atoms with E-state index in [1.54, 1.807) is 36.9 Å². The third kappa shape index (κ3) is 5.22. The lowest BCUT2D eigenvalue weighted by Gasteiger charge is -2.14. The molecule has 29 heavy (non-hydrogen) atoms. The monoisotopic (exact) mass is 393 g/mol. The third-order valence-electron chi connectivity index (χ3n) is 4.06. The summed E-state index contributed by atoms with van der Waals surface area (Å²) in [6.45, 7) is 5.75. The number of carbonyl (C=O) groups is 1. The highest BCUT2D eigenvalue weighted by Gasteiger charge is 2.21. The SMILES string of the molecule is CCC(C(=O)Nc1ccc(-c2cncc(OC(C)C)n2)cn1)c1ccnc(N)n1. The van der Waals surface area contributed by atoms with E-state index in [0.29, 0.717) is 29.5 Å². The first-order chi connectivity index (χ1) is 14.0. The molecule has 0 aliphatic rings. The Balaban J connectivity index is 1.72. The number of carbonyl (C=O) groups excluding carboxylic acids is 1. The standard InChI is InChI=1S/C20H23N7O2/c1-4-14(15-7-8-23-20(21)26-15)19(28)27-17-6-5-13(9-24-17)16-10-22-11-18(25-16)29-12(2)3/h5-12,14H,4H2,1-3H3,(H2,21,23,26)(H,24,27,28). The number of ether oxygens (including phenoxy) is 1. The van der Waals surface area contributed by atoms with E-state index in [-0.39, 0.29) is 18.0 Å². The first-order valence-electron chi connectivity index (χ1n) is 9.30. The molecule has 0 spiro atoms. The second-order valence-electron chi connectivity index (χ2n) is 6.63. The fourth-order valence-electron chi connectivity index (χ4n) is 2.73. The van der Waals surface area contributed by atoms with E-state index >= 15 is 0 Å². The number of rotatable bonds is 7. The maximum atomic E-state index is 12.7. The van der Waals surface area contributed by atoms with E-state index in [9.17, 15) is 4.79 Å². The van der Waals surface area contributed by atoms with Crippen LogP contribution in [0.5, 0.6) is 5.88 Å². The summed E-state index contributed by atoms with van der Waals surface area (Å²) < 4.78 is 5.57. The number of amides is 1. The van der Waals surface area contributed by atoms with Crippen molar-refractivity contribution in [1.82, 2.24) is 24.9 Å². The lowest BCUT2D eigenvalue weighted by Crippen LogP contribution is -2.22. The second-order valence-corrected chi connectivity index (χ2v) is 6.63. The van der Waals surface area contributed by atoms with Gasteiger partial charge in [0, 0.05) is 18.0 Å². The van der Waals surface area contributed by atoms with Crippen LogP contribution in [0.25, 0.3) is 11.3 Å². The summed E-state index contributed by atoms with van der Waals surface area (Å²) in [7, 11) is 0. The molecule has 9 nitrogen and oxygen atoms in total. The molecule has 9 heteroatoms. The summed E-state index contributed by atoms with van der Waals surface area (Å²) in [5.74, 6) is 0.364. The van der Waals surface area contributed by atoms with Crippen LogP contribution in [-0.4, -0.2) is 36.9 Å². The van der Waals surface area contributed by atoms with Crippen LogP contribution >= 0.6 is 0 Å². The van der Waals surface area contributed by atoms with Crippen molar-refractivity contribution in [3.8, 4) is 17.1 Å². The van der Waals surface area contributed by atoms with Gasteiger partial charge < -0.3 is 15.8 Å². The Labute approximate surface area is 168 Å². The smallest absolute Gasteiger partial charge is 0.234 e. The van der Waals surface area contributed by atoms with Crippen molar-refractivity contribution < 1.29 is 9.53 Å². The van der Waals surface area contributed by atoms with E-state index < -0.39 is 5.92 Å². The fourth-order valence-corrected chi connectivity index (χ4v) is 2.73. The molecule has 0 aromatic carbocycles. The molecule has 3 aromatic heterocycles. The molecule has 3 rings (SSSR count). The first kappa shape index (κ1) is 20.1. The predicted octanol–water partition coefficient (Wildman–Crippen LogP) is 2.83. The molecule has 0 saturated carbocycles. The number of hydrogen-bond donors (Lipinski definition) is 2. The fraction of sp³-hybridized carbons (Fsp3) is 0.300. The zero-order chi connectivity index (χ0) is 20.8. The van der Waals surface area contributed by atoms with E-state index in [0.717, 1.165) is 5.56 Å². The minimum Gasteiger partial charge on any atom is -0.474 e. The van der Waals surface area contributed by atoms with E-state index in [1.807, 2.05) is 26.8 Å². The van der Waals surface area contributed by atoms with Crippen molar-refractivity contribution in [2.45, 2.75) is 39.2 Å². The Morgan fingerprint density at radius 1 is 1.14 bits per heavy atom. The molecule has 0 saturated heterocycles.